The Hall–Kier alpha value is -0.150. The fourth-order valence-corrected chi connectivity index (χ4v) is 2.98. The molecule has 0 aliphatic heterocycles. The van der Waals surface area contributed by atoms with Gasteiger partial charge in [0, 0.05) is 21.2 Å². The van der Waals surface area contributed by atoms with E-state index in [2.05, 4.69) is 34.3 Å². The van der Waals surface area contributed by atoms with Gasteiger partial charge in [-0.15, -0.1) is 11.3 Å². The molecule has 1 atom stereocenters. The number of Topliss-reactive ketones (excluding diaryl/α,β-unsaturated/α-hetero) is 1. The molecule has 13 heavy (non-hydrogen) atoms. The molecule has 1 aromatic rings. The van der Waals surface area contributed by atoms with E-state index in [0.29, 0.717) is 12.3 Å². The maximum Gasteiger partial charge on any atom is 0.130 e. The number of hydrogen-bond donors (Lipinski definition) is 0. The van der Waals surface area contributed by atoms with Gasteiger partial charge in [-0.3, -0.25) is 0 Å². The molecule has 0 fully saturated rings. The van der Waals surface area contributed by atoms with Gasteiger partial charge in [0.2, 0.25) is 0 Å². The number of halogens is 1. The van der Waals surface area contributed by atoms with Gasteiger partial charge in [0.25, 0.3) is 0 Å². The molecule has 0 saturated heterocycles. The third-order valence-electron chi connectivity index (χ3n) is 1.81. The summed E-state index contributed by atoms with van der Waals surface area (Å²) in [6, 6.07) is 2.13. The Labute approximate surface area is 91.3 Å². The number of rotatable bonds is 4. The molecule has 0 bridgehead atoms. The summed E-state index contributed by atoms with van der Waals surface area (Å²) in [5.41, 5.74) is 0. The van der Waals surface area contributed by atoms with Crippen molar-refractivity contribution >= 4 is 33.0 Å². The molecule has 0 saturated carbocycles. The van der Waals surface area contributed by atoms with Crippen LogP contribution in [0, 0.1) is 5.92 Å². The lowest BCUT2D eigenvalue weighted by molar-refractivity contribution is -0.117. The Morgan fingerprint density at radius 3 is 2.85 bits per heavy atom. The van der Waals surface area contributed by atoms with Gasteiger partial charge < -0.3 is 4.79 Å². The van der Waals surface area contributed by atoms with Gasteiger partial charge in [-0.25, -0.2) is 0 Å². The molecule has 0 spiro atoms. The second kappa shape index (κ2) is 4.91. The largest absolute Gasteiger partial charge is 0.300 e. The first-order valence-electron chi connectivity index (χ1n) is 4.30. The van der Waals surface area contributed by atoms with Crippen molar-refractivity contribution in [3.8, 4) is 0 Å². The fraction of sp³-hybridized carbons (Fsp3) is 0.500. The quantitative estimate of drug-likeness (QED) is 0.808. The molecule has 72 valence electrons. The Bertz CT molecular complexity index is 293. The summed E-state index contributed by atoms with van der Waals surface area (Å²) >= 11 is 5.16. The molecular weight excluding hydrogens is 248 g/mol. The Balaban J connectivity index is 2.44. The first-order chi connectivity index (χ1) is 6.08. The minimum absolute atomic E-state index is 0.281. The standard InChI is InChI=1S/C10H13BrOS/c1-7(3-8(2)12)4-10-5-9(11)6-13-10/h5-7H,3-4H2,1-2H3. The molecular formula is C10H13BrOS. The van der Waals surface area contributed by atoms with Crippen LogP contribution < -0.4 is 0 Å². The van der Waals surface area contributed by atoms with Crippen molar-refractivity contribution in [3.63, 3.8) is 0 Å². The molecule has 0 aliphatic rings. The number of carbonyl (C=O) groups is 1. The number of ketones is 1. The van der Waals surface area contributed by atoms with E-state index in [1.54, 1.807) is 18.3 Å². The van der Waals surface area contributed by atoms with E-state index in [1.165, 1.54) is 4.88 Å². The molecule has 0 radical (unpaired) electrons. The van der Waals surface area contributed by atoms with Crippen molar-refractivity contribution in [3.05, 3.63) is 20.8 Å². The topological polar surface area (TPSA) is 17.1 Å². The van der Waals surface area contributed by atoms with Crippen molar-refractivity contribution < 1.29 is 4.79 Å². The van der Waals surface area contributed by atoms with Crippen LogP contribution in [0.25, 0.3) is 0 Å². The summed E-state index contributed by atoms with van der Waals surface area (Å²) in [4.78, 5) is 12.2. The van der Waals surface area contributed by atoms with E-state index in [4.69, 9.17) is 0 Å². The van der Waals surface area contributed by atoms with E-state index >= 15 is 0 Å². The van der Waals surface area contributed by atoms with Crippen LogP contribution in [-0.4, -0.2) is 5.78 Å². The SMILES string of the molecule is CC(=O)CC(C)Cc1cc(Br)cs1. The lowest BCUT2D eigenvalue weighted by Gasteiger charge is -2.06. The molecule has 1 nitrogen and oxygen atoms in total. The van der Waals surface area contributed by atoms with Gasteiger partial charge in [0.1, 0.15) is 5.78 Å². The molecule has 0 aromatic carbocycles. The predicted octanol–water partition coefficient (Wildman–Crippen LogP) is 3.67. The monoisotopic (exact) mass is 260 g/mol. The van der Waals surface area contributed by atoms with Gasteiger partial charge in [-0.05, 0) is 41.3 Å². The molecule has 1 rings (SSSR count). The van der Waals surface area contributed by atoms with E-state index in [0.717, 1.165) is 10.9 Å². The van der Waals surface area contributed by atoms with Crippen LogP contribution in [0.3, 0.4) is 0 Å². The zero-order chi connectivity index (χ0) is 9.84. The fourth-order valence-electron chi connectivity index (χ4n) is 1.37. The van der Waals surface area contributed by atoms with Gasteiger partial charge >= 0.3 is 0 Å². The average Bonchev–Trinajstić information content (AvgIpc) is 2.33. The molecule has 0 N–H and O–H groups in total. The van der Waals surface area contributed by atoms with Crippen molar-refractivity contribution in [2.24, 2.45) is 5.92 Å². The van der Waals surface area contributed by atoms with Crippen LogP contribution in [0.1, 0.15) is 25.1 Å². The first kappa shape index (κ1) is 10.9. The summed E-state index contributed by atoms with van der Waals surface area (Å²) in [7, 11) is 0. The second-order valence-corrected chi connectivity index (χ2v) is 5.36. The van der Waals surface area contributed by atoms with Crippen molar-refractivity contribution in [1.29, 1.82) is 0 Å². The highest BCUT2D eigenvalue weighted by Crippen LogP contribution is 2.23. The van der Waals surface area contributed by atoms with Gasteiger partial charge in [0.15, 0.2) is 0 Å². The zero-order valence-corrected chi connectivity index (χ0v) is 10.2. The Kier molecular flexibility index (Phi) is 4.13. The van der Waals surface area contributed by atoms with E-state index < -0.39 is 0 Å². The minimum Gasteiger partial charge on any atom is -0.300 e. The van der Waals surface area contributed by atoms with Gasteiger partial charge in [0.05, 0.1) is 0 Å². The normalized spacial score (nSPS) is 12.8. The van der Waals surface area contributed by atoms with Crippen molar-refractivity contribution in [1.82, 2.24) is 0 Å². The lowest BCUT2D eigenvalue weighted by atomic mass is 10.0. The Morgan fingerprint density at radius 2 is 2.38 bits per heavy atom. The summed E-state index contributed by atoms with van der Waals surface area (Å²) < 4.78 is 1.14. The maximum atomic E-state index is 10.8. The Morgan fingerprint density at radius 1 is 1.69 bits per heavy atom. The lowest BCUT2D eigenvalue weighted by Crippen LogP contribution is -2.03. The smallest absolute Gasteiger partial charge is 0.130 e. The number of thiophene rings is 1. The summed E-state index contributed by atoms with van der Waals surface area (Å²) in [6.07, 6.45) is 1.70. The third kappa shape index (κ3) is 4.05. The van der Waals surface area contributed by atoms with E-state index in [-0.39, 0.29) is 5.78 Å². The second-order valence-electron chi connectivity index (χ2n) is 3.45. The molecule has 3 heteroatoms. The summed E-state index contributed by atoms with van der Waals surface area (Å²) in [6.45, 7) is 3.77. The highest BCUT2D eigenvalue weighted by atomic mass is 79.9. The van der Waals surface area contributed by atoms with Crippen LogP contribution in [0.2, 0.25) is 0 Å². The van der Waals surface area contributed by atoms with Crippen molar-refractivity contribution in [2.75, 3.05) is 0 Å². The first-order valence-corrected chi connectivity index (χ1v) is 5.97. The third-order valence-corrected chi connectivity index (χ3v) is 3.53. The zero-order valence-electron chi connectivity index (χ0n) is 7.84. The van der Waals surface area contributed by atoms with E-state index in [1.807, 2.05) is 0 Å². The van der Waals surface area contributed by atoms with Gasteiger partial charge in [-0.1, -0.05) is 6.92 Å². The van der Waals surface area contributed by atoms with Gasteiger partial charge in [-0.2, -0.15) is 0 Å². The molecule has 1 heterocycles. The summed E-state index contributed by atoms with van der Waals surface area (Å²) in [5.74, 6) is 0.742. The number of hydrogen-bond acceptors (Lipinski definition) is 2. The molecule has 0 aliphatic carbocycles. The molecule has 1 aromatic heterocycles. The highest BCUT2D eigenvalue weighted by Gasteiger charge is 2.07. The minimum atomic E-state index is 0.281. The van der Waals surface area contributed by atoms with Crippen LogP contribution >= 0.6 is 27.3 Å². The molecule has 0 amide bonds. The van der Waals surface area contributed by atoms with E-state index in [9.17, 15) is 4.79 Å². The van der Waals surface area contributed by atoms with Crippen LogP contribution in [0.15, 0.2) is 15.9 Å². The average molecular weight is 261 g/mol. The van der Waals surface area contributed by atoms with Crippen LogP contribution in [0.5, 0.6) is 0 Å². The molecule has 1 unspecified atom stereocenters. The van der Waals surface area contributed by atoms with Crippen LogP contribution in [0.4, 0.5) is 0 Å². The summed E-state index contributed by atoms with van der Waals surface area (Å²) in [5, 5.41) is 2.08. The highest BCUT2D eigenvalue weighted by molar-refractivity contribution is 9.10. The maximum absolute atomic E-state index is 10.8. The predicted molar refractivity (Wildman–Crippen MR) is 60.2 cm³/mol. The van der Waals surface area contributed by atoms with Crippen molar-refractivity contribution in [2.45, 2.75) is 26.7 Å². The van der Waals surface area contributed by atoms with Crippen LogP contribution in [-0.2, 0) is 11.2 Å². The number of carbonyl (C=O) groups excluding carboxylic acids is 1.